The fourth-order valence-corrected chi connectivity index (χ4v) is 3.14. The maximum atomic E-state index is 12.2. The van der Waals surface area contributed by atoms with Crippen LogP contribution in [0.1, 0.15) is 17.1 Å². The predicted molar refractivity (Wildman–Crippen MR) is 85.6 cm³/mol. The number of nitro benzene ring substituents is 1. The van der Waals surface area contributed by atoms with Crippen LogP contribution in [0.5, 0.6) is 0 Å². The summed E-state index contributed by atoms with van der Waals surface area (Å²) in [5.41, 5.74) is -0.0685. The number of carbonyl (C=O) groups is 1. The number of aryl methyl sites for hydroxylation is 2. The summed E-state index contributed by atoms with van der Waals surface area (Å²) in [6.45, 7) is 3.15. The van der Waals surface area contributed by atoms with Gasteiger partial charge < -0.3 is 4.42 Å². The molecule has 2 rings (SSSR count). The second-order valence-electron chi connectivity index (χ2n) is 4.96. The van der Waals surface area contributed by atoms with Crippen molar-refractivity contribution in [1.82, 2.24) is 4.72 Å². The number of carbonyl (C=O) groups excluding carboxylic acids is 1. The molecule has 0 radical (unpaired) electrons. The Morgan fingerprint density at radius 1 is 1.25 bits per heavy atom. The number of nitrogens with one attached hydrogen (secondary N) is 1. The predicted octanol–water partition coefficient (Wildman–Crippen LogP) is 2.32. The molecule has 0 aliphatic rings. The zero-order valence-electron chi connectivity index (χ0n) is 12.8. The van der Waals surface area contributed by atoms with Crippen molar-refractivity contribution in [2.45, 2.75) is 18.7 Å². The molecule has 0 atom stereocenters. The minimum absolute atomic E-state index is 0.162. The lowest BCUT2D eigenvalue weighted by Gasteiger charge is -2.07. The van der Waals surface area contributed by atoms with Crippen LogP contribution < -0.4 is 4.72 Å². The molecule has 9 heteroatoms. The lowest BCUT2D eigenvalue weighted by atomic mass is 10.2. The van der Waals surface area contributed by atoms with E-state index < -0.39 is 20.9 Å². The van der Waals surface area contributed by atoms with Gasteiger partial charge in [0.05, 0.1) is 9.82 Å². The first-order valence-corrected chi connectivity index (χ1v) is 8.24. The van der Waals surface area contributed by atoms with E-state index in [-0.39, 0.29) is 16.1 Å². The average Bonchev–Trinajstić information content (AvgIpc) is 2.90. The molecule has 0 aliphatic heterocycles. The van der Waals surface area contributed by atoms with Gasteiger partial charge in [-0.15, -0.1) is 0 Å². The maximum Gasteiger partial charge on any atom is 0.269 e. The summed E-state index contributed by atoms with van der Waals surface area (Å²) >= 11 is 0. The van der Waals surface area contributed by atoms with Crippen LogP contribution in [-0.4, -0.2) is 19.2 Å². The number of furan rings is 1. The standard InChI is InChI=1S/C15H14N2O6S/c1-10-9-12(17(19)20)4-7-14(10)24(21,22)16-15(18)8-6-13-5-3-11(2)23-13/h3-9H,1-2H3,(H,16,18)/b8-6+. The number of hydrogen-bond donors (Lipinski definition) is 1. The first kappa shape index (κ1) is 17.4. The van der Waals surface area contributed by atoms with Gasteiger partial charge in [0.2, 0.25) is 0 Å². The first-order valence-electron chi connectivity index (χ1n) is 6.75. The number of non-ortho nitro benzene ring substituents is 1. The topological polar surface area (TPSA) is 120 Å². The van der Waals surface area contributed by atoms with Crippen molar-refractivity contribution >= 4 is 27.7 Å². The van der Waals surface area contributed by atoms with E-state index in [0.29, 0.717) is 11.5 Å². The van der Waals surface area contributed by atoms with Crippen molar-refractivity contribution in [3.63, 3.8) is 0 Å². The Hall–Kier alpha value is -2.94. The van der Waals surface area contributed by atoms with Crippen LogP contribution >= 0.6 is 0 Å². The fourth-order valence-electron chi connectivity index (χ4n) is 1.97. The quantitative estimate of drug-likeness (QED) is 0.502. The van der Waals surface area contributed by atoms with E-state index in [0.717, 1.165) is 24.3 Å². The Morgan fingerprint density at radius 3 is 2.50 bits per heavy atom. The van der Waals surface area contributed by atoms with Crippen molar-refractivity contribution in [3.05, 3.63) is 63.6 Å². The summed E-state index contributed by atoms with van der Waals surface area (Å²) in [6, 6.07) is 6.61. The zero-order valence-corrected chi connectivity index (χ0v) is 13.7. The molecule has 0 bridgehead atoms. The third-order valence-corrected chi connectivity index (χ3v) is 4.56. The largest absolute Gasteiger partial charge is 0.462 e. The van der Waals surface area contributed by atoms with Crippen LogP contribution in [0.4, 0.5) is 5.69 Å². The van der Waals surface area contributed by atoms with Gasteiger partial charge in [0.15, 0.2) is 0 Å². The van der Waals surface area contributed by atoms with Gasteiger partial charge >= 0.3 is 0 Å². The minimum atomic E-state index is -4.14. The summed E-state index contributed by atoms with van der Waals surface area (Å²) < 4.78 is 31.5. The SMILES string of the molecule is Cc1ccc(/C=C/C(=O)NS(=O)(=O)c2ccc([N+](=O)[O-])cc2C)o1. The highest BCUT2D eigenvalue weighted by Gasteiger charge is 2.20. The second kappa shape index (κ2) is 6.67. The molecular formula is C15H14N2O6S. The van der Waals surface area contributed by atoms with Gasteiger partial charge in [0.25, 0.3) is 21.6 Å². The van der Waals surface area contributed by atoms with Gasteiger partial charge in [-0.05, 0) is 43.7 Å². The van der Waals surface area contributed by atoms with Crippen LogP contribution in [0, 0.1) is 24.0 Å². The van der Waals surface area contributed by atoms with E-state index in [2.05, 4.69) is 0 Å². The lowest BCUT2D eigenvalue weighted by Crippen LogP contribution is -2.29. The Morgan fingerprint density at radius 2 is 1.96 bits per heavy atom. The van der Waals surface area contributed by atoms with E-state index in [9.17, 15) is 23.3 Å². The molecule has 24 heavy (non-hydrogen) atoms. The smallest absolute Gasteiger partial charge is 0.269 e. The molecule has 1 heterocycles. The highest BCUT2D eigenvalue weighted by molar-refractivity contribution is 7.90. The van der Waals surface area contributed by atoms with Crippen molar-refractivity contribution in [3.8, 4) is 0 Å². The Labute approximate surface area is 138 Å². The highest BCUT2D eigenvalue weighted by atomic mass is 32.2. The molecule has 0 aliphatic carbocycles. The first-order chi connectivity index (χ1) is 11.2. The van der Waals surface area contributed by atoms with Crippen molar-refractivity contribution < 1.29 is 22.6 Å². The van der Waals surface area contributed by atoms with Gasteiger partial charge in [-0.25, -0.2) is 13.1 Å². The molecule has 0 saturated carbocycles. The number of amides is 1. The van der Waals surface area contributed by atoms with E-state index in [4.69, 9.17) is 4.42 Å². The Balaban J connectivity index is 2.17. The minimum Gasteiger partial charge on any atom is -0.462 e. The Kier molecular flexibility index (Phi) is 4.84. The van der Waals surface area contributed by atoms with Crippen LogP contribution in [-0.2, 0) is 14.8 Å². The van der Waals surface area contributed by atoms with E-state index in [1.54, 1.807) is 19.1 Å². The third-order valence-electron chi connectivity index (χ3n) is 3.05. The van der Waals surface area contributed by atoms with Crippen LogP contribution in [0.25, 0.3) is 6.08 Å². The molecule has 0 spiro atoms. The highest BCUT2D eigenvalue weighted by Crippen LogP contribution is 2.21. The summed E-state index contributed by atoms with van der Waals surface area (Å²) in [5.74, 6) is 0.206. The van der Waals surface area contributed by atoms with Gasteiger partial charge in [-0.2, -0.15) is 0 Å². The summed E-state index contributed by atoms with van der Waals surface area (Å²) in [4.78, 5) is 21.6. The number of nitrogens with zero attached hydrogens (tertiary/aromatic N) is 1. The maximum absolute atomic E-state index is 12.2. The van der Waals surface area contributed by atoms with Crippen LogP contribution in [0.3, 0.4) is 0 Å². The lowest BCUT2D eigenvalue weighted by molar-refractivity contribution is -0.385. The summed E-state index contributed by atoms with van der Waals surface area (Å²) in [7, 11) is -4.14. The number of nitro groups is 1. The number of benzene rings is 1. The van der Waals surface area contributed by atoms with E-state index in [1.165, 1.54) is 13.0 Å². The molecular weight excluding hydrogens is 336 g/mol. The molecule has 126 valence electrons. The molecule has 0 fully saturated rings. The zero-order chi connectivity index (χ0) is 17.9. The summed E-state index contributed by atoms with van der Waals surface area (Å²) in [5, 5.41) is 10.7. The molecule has 1 aromatic carbocycles. The molecule has 0 saturated heterocycles. The molecule has 1 aromatic heterocycles. The van der Waals surface area contributed by atoms with Crippen LogP contribution in [0.15, 0.2) is 45.7 Å². The third kappa shape index (κ3) is 4.07. The van der Waals surface area contributed by atoms with Gasteiger partial charge in [-0.3, -0.25) is 14.9 Å². The van der Waals surface area contributed by atoms with Crippen molar-refractivity contribution in [2.75, 3.05) is 0 Å². The Bertz CT molecular complexity index is 927. The molecule has 1 N–H and O–H groups in total. The molecule has 2 aromatic rings. The summed E-state index contributed by atoms with van der Waals surface area (Å²) in [6.07, 6.45) is 2.36. The normalized spacial score (nSPS) is 11.6. The molecule has 0 unspecified atom stereocenters. The van der Waals surface area contributed by atoms with E-state index >= 15 is 0 Å². The number of rotatable bonds is 5. The van der Waals surface area contributed by atoms with Gasteiger partial charge in [-0.1, -0.05) is 0 Å². The number of hydrogen-bond acceptors (Lipinski definition) is 6. The van der Waals surface area contributed by atoms with E-state index in [1.807, 2.05) is 4.72 Å². The molecule has 8 nitrogen and oxygen atoms in total. The fraction of sp³-hybridized carbons (Fsp3) is 0.133. The molecule has 1 amide bonds. The van der Waals surface area contributed by atoms with Crippen molar-refractivity contribution in [1.29, 1.82) is 0 Å². The van der Waals surface area contributed by atoms with Crippen molar-refractivity contribution in [2.24, 2.45) is 0 Å². The van der Waals surface area contributed by atoms with Gasteiger partial charge in [0, 0.05) is 18.2 Å². The average molecular weight is 350 g/mol. The van der Waals surface area contributed by atoms with Gasteiger partial charge in [0.1, 0.15) is 11.5 Å². The number of sulfonamides is 1. The monoisotopic (exact) mass is 350 g/mol. The van der Waals surface area contributed by atoms with Crippen LogP contribution in [0.2, 0.25) is 0 Å². The second-order valence-corrected chi connectivity index (χ2v) is 6.61.